The Bertz CT molecular complexity index is 557. The number of benzene rings is 2. The van der Waals surface area contributed by atoms with Crippen LogP contribution in [0.2, 0.25) is 10.0 Å². The van der Waals surface area contributed by atoms with Gasteiger partial charge in [-0.3, -0.25) is 4.79 Å². The third-order valence-electron chi connectivity index (χ3n) is 2.99. The zero-order chi connectivity index (χ0) is 13.7. The summed E-state index contributed by atoms with van der Waals surface area (Å²) in [5.41, 5.74) is 2.17. The van der Waals surface area contributed by atoms with E-state index in [1.807, 2.05) is 36.4 Å². The maximum atomic E-state index is 11.3. The van der Waals surface area contributed by atoms with Crippen molar-refractivity contribution in [2.45, 2.75) is 19.3 Å². The molecule has 3 heteroatoms. The third kappa shape index (κ3) is 3.82. The number of Topliss-reactive ketones (excluding diaryl/α,β-unsaturated/α-hetero) is 1. The number of carbonyl (C=O) groups excluding carboxylic acids is 1. The number of hydrogen-bond donors (Lipinski definition) is 0. The van der Waals surface area contributed by atoms with Crippen LogP contribution in [0.5, 0.6) is 0 Å². The van der Waals surface area contributed by atoms with Crippen LogP contribution in [-0.4, -0.2) is 5.78 Å². The van der Waals surface area contributed by atoms with E-state index in [1.165, 1.54) is 5.56 Å². The summed E-state index contributed by atoms with van der Waals surface area (Å²) in [6.07, 6.45) is 2.83. The molecule has 1 nitrogen and oxygen atoms in total. The van der Waals surface area contributed by atoms with Crippen LogP contribution in [0, 0.1) is 0 Å². The summed E-state index contributed by atoms with van der Waals surface area (Å²) < 4.78 is 0. The summed E-state index contributed by atoms with van der Waals surface area (Å²) in [5, 5.41) is 1.21. The standard InChI is InChI=1S/C10H10O.C6H4Cl2/c11-10-7-3-5-8-4-1-2-6-9(8)10;7-5-3-1-2-4-6(5)8/h1-2,4,6H,3,5,7H2;1-4H. The molecule has 0 saturated carbocycles. The van der Waals surface area contributed by atoms with Crippen LogP contribution < -0.4 is 0 Å². The Morgan fingerprint density at radius 2 is 1.37 bits per heavy atom. The first-order valence-corrected chi connectivity index (χ1v) is 6.95. The lowest BCUT2D eigenvalue weighted by atomic mass is 9.91. The zero-order valence-corrected chi connectivity index (χ0v) is 11.9. The average molecular weight is 293 g/mol. The molecule has 0 amide bonds. The fraction of sp³-hybridized carbons (Fsp3) is 0.188. The summed E-state index contributed by atoms with van der Waals surface area (Å²) in [6.45, 7) is 0. The van der Waals surface area contributed by atoms with Crippen molar-refractivity contribution in [1.29, 1.82) is 0 Å². The Labute approximate surface area is 123 Å². The molecule has 0 aliphatic heterocycles. The second-order valence-corrected chi connectivity index (χ2v) is 5.16. The maximum Gasteiger partial charge on any atom is 0.163 e. The summed E-state index contributed by atoms with van der Waals surface area (Å²) in [7, 11) is 0. The number of hydrogen-bond acceptors (Lipinski definition) is 1. The van der Waals surface area contributed by atoms with E-state index in [-0.39, 0.29) is 0 Å². The second-order valence-electron chi connectivity index (χ2n) is 4.35. The largest absolute Gasteiger partial charge is 0.294 e. The highest BCUT2D eigenvalue weighted by Gasteiger charge is 2.14. The van der Waals surface area contributed by atoms with E-state index in [0.29, 0.717) is 15.8 Å². The number of halogens is 2. The first-order chi connectivity index (χ1) is 9.18. The monoisotopic (exact) mass is 292 g/mol. The lowest BCUT2D eigenvalue weighted by molar-refractivity contribution is 0.0972. The molecular formula is C16H14Cl2O. The van der Waals surface area contributed by atoms with Gasteiger partial charge in [0.1, 0.15) is 0 Å². The summed E-state index contributed by atoms with van der Waals surface area (Å²) in [5.74, 6) is 0.312. The van der Waals surface area contributed by atoms with Gasteiger partial charge in [0.2, 0.25) is 0 Å². The fourth-order valence-corrected chi connectivity index (χ4v) is 2.30. The van der Waals surface area contributed by atoms with Gasteiger partial charge in [0.05, 0.1) is 10.0 Å². The van der Waals surface area contributed by atoms with Crippen LogP contribution in [0.25, 0.3) is 0 Å². The van der Waals surface area contributed by atoms with Crippen molar-refractivity contribution in [3.63, 3.8) is 0 Å². The molecule has 2 aromatic rings. The van der Waals surface area contributed by atoms with E-state index < -0.39 is 0 Å². The first-order valence-electron chi connectivity index (χ1n) is 6.19. The van der Waals surface area contributed by atoms with E-state index in [4.69, 9.17) is 23.2 Å². The normalized spacial score (nSPS) is 13.3. The summed E-state index contributed by atoms with van der Waals surface area (Å²) in [4.78, 5) is 11.3. The molecule has 0 aromatic heterocycles. The van der Waals surface area contributed by atoms with Crippen LogP contribution in [0.15, 0.2) is 48.5 Å². The minimum atomic E-state index is 0.312. The van der Waals surface area contributed by atoms with E-state index in [9.17, 15) is 4.79 Å². The molecule has 0 bridgehead atoms. The molecule has 0 spiro atoms. The Hall–Kier alpha value is -1.31. The van der Waals surface area contributed by atoms with Crippen LogP contribution >= 0.6 is 23.2 Å². The molecule has 0 fully saturated rings. The minimum absolute atomic E-state index is 0.312. The van der Waals surface area contributed by atoms with Gasteiger partial charge < -0.3 is 0 Å². The van der Waals surface area contributed by atoms with Gasteiger partial charge >= 0.3 is 0 Å². The van der Waals surface area contributed by atoms with Crippen LogP contribution in [0.1, 0.15) is 28.8 Å². The Morgan fingerprint density at radius 3 is 1.95 bits per heavy atom. The van der Waals surface area contributed by atoms with Gasteiger partial charge in [0, 0.05) is 12.0 Å². The Kier molecular flexibility index (Phi) is 5.00. The molecule has 0 unspecified atom stereocenters. The van der Waals surface area contributed by atoms with Gasteiger partial charge in [0.25, 0.3) is 0 Å². The SMILES string of the molecule is Clc1ccccc1Cl.O=C1CCCc2ccccc21. The van der Waals surface area contributed by atoms with Gasteiger partial charge in [-0.05, 0) is 30.5 Å². The predicted molar refractivity (Wildman–Crippen MR) is 80.2 cm³/mol. The second kappa shape index (κ2) is 6.74. The highest BCUT2D eigenvalue weighted by Crippen LogP contribution is 2.20. The molecule has 0 heterocycles. The number of carbonyl (C=O) groups is 1. The number of aryl methyl sites for hydroxylation is 1. The summed E-state index contributed by atoms with van der Waals surface area (Å²) in [6, 6.07) is 15.1. The van der Waals surface area contributed by atoms with Gasteiger partial charge in [-0.25, -0.2) is 0 Å². The van der Waals surface area contributed by atoms with Crippen molar-refractivity contribution in [3.05, 3.63) is 69.7 Å². The number of ketones is 1. The summed E-state index contributed by atoms with van der Waals surface area (Å²) >= 11 is 11.2. The molecule has 0 N–H and O–H groups in total. The molecule has 3 rings (SSSR count). The Morgan fingerprint density at radius 1 is 0.789 bits per heavy atom. The van der Waals surface area contributed by atoms with E-state index >= 15 is 0 Å². The van der Waals surface area contributed by atoms with Crippen molar-refractivity contribution < 1.29 is 4.79 Å². The van der Waals surface area contributed by atoms with Crippen molar-refractivity contribution in [3.8, 4) is 0 Å². The molecule has 98 valence electrons. The van der Waals surface area contributed by atoms with Gasteiger partial charge in [-0.2, -0.15) is 0 Å². The van der Waals surface area contributed by atoms with Crippen molar-refractivity contribution in [2.75, 3.05) is 0 Å². The lowest BCUT2D eigenvalue weighted by Gasteiger charge is -2.12. The van der Waals surface area contributed by atoms with E-state index in [2.05, 4.69) is 0 Å². The van der Waals surface area contributed by atoms with Gasteiger partial charge in [0.15, 0.2) is 5.78 Å². The third-order valence-corrected chi connectivity index (χ3v) is 3.75. The van der Waals surface area contributed by atoms with Crippen molar-refractivity contribution in [2.24, 2.45) is 0 Å². The predicted octanol–water partition coefficient (Wildman–Crippen LogP) is 5.20. The molecule has 1 aliphatic rings. The van der Waals surface area contributed by atoms with E-state index in [1.54, 1.807) is 12.1 Å². The van der Waals surface area contributed by atoms with Crippen LogP contribution in [0.3, 0.4) is 0 Å². The van der Waals surface area contributed by atoms with Crippen molar-refractivity contribution in [1.82, 2.24) is 0 Å². The molecule has 0 radical (unpaired) electrons. The topological polar surface area (TPSA) is 17.1 Å². The first kappa shape index (κ1) is 14.1. The highest BCUT2D eigenvalue weighted by molar-refractivity contribution is 6.41. The van der Waals surface area contributed by atoms with Crippen molar-refractivity contribution >= 4 is 29.0 Å². The zero-order valence-electron chi connectivity index (χ0n) is 10.4. The van der Waals surface area contributed by atoms with E-state index in [0.717, 1.165) is 24.8 Å². The fourth-order valence-electron chi connectivity index (χ4n) is 2.02. The quantitative estimate of drug-likeness (QED) is 0.652. The number of rotatable bonds is 0. The smallest absolute Gasteiger partial charge is 0.163 e. The molecule has 0 atom stereocenters. The molecule has 2 aromatic carbocycles. The molecule has 0 saturated heterocycles. The molecule has 19 heavy (non-hydrogen) atoms. The number of fused-ring (bicyclic) bond motifs is 1. The Balaban J connectivity index is 0.000000148. The van der Waals surface area contributed by atoms with Gasteiger partial charge in [-0.15, -0.1) is 0 Å². The van der Waals surface area contributed by atoms with Crippen LogP contribution in [-0.2, 0) is 6.42 Å². The average Bonchev–Trinajstić information content (AvgIpc) is 2.44. The highest BCUT2D eigenvalue weighted by atomic mass is 35.5. The van der Waals surface area contributed by atoms with Gasteiger partial charge in [-0.1, -0.05) is 59.6 Å². The lowest BCUT2D eigenvalue weighted by Crippen LogP contribution is -2.09. The van der Waals surface area contributed by atoms with Crippen LogP contribution in [0.4, 0.5) is 0 Å². The molecular weight excluding hydrogens is 279 g/mol. The minimum Gasteiger partial charge on any atom is -0.294 e. The maximum absolute atomic E-state index is 11.3. The molecule has 1 aliphatic carbocycles.